The Bertz CT molecular complexity index is 300. The van der Waals surface area contributed by atoms with Crippen molar-refractivity contribution in [2.24, 2.45) is 0 Å². The van der Waals surface area contributed by atoms with Gasteiger partial charge in [-0.15, -0.1) is 0 Å². The molecule has 0 amide bonds. The molecule has 0 unspecified atom stereocenters. The first-order valence-electron chi connectivity index (χ1n) is 4.78. The van der Waals surface area contributed by atoms with Crippen molar-refractivity contribution in [3.63, 3.8) is 0 Å². The predicted molar refractivity (Wildman–Crippen MR) is 57.8 cm³/mol. The van der Waals surface area contributed by atoms with Crippen molar-refractivity contribution >= 4 is 0 Å². The van der Waals surface area contributed by atoms with Crippen LogP contribution in [0.25, 0.3) is 0 Å². The molecule has 0 saturated heterocycles. The molecule has 0 heterocycles. The van der Waals surface area contributed by atoms with E-state index in [1.54, 1.807) is 0 Å². The molecule has 0 atom stereocenters. The molecular weight excluding hydrogens is 245 g/mol. The second kappa shape index (κ2) is 6.03. The molecule has 14 heavy (non-hydrogen) atoms. The van der Waals surface area contributed by atoms with Crippen LogP contribution in [0.2, 0.25) is 0 Å². The third-order valence-electron chi connectivity index (χ3n) is 2.36. The van der Waals surface area contributed by atoms with Crippen molar-refractivity contribution in [1.82, 2.24) is 0 Å². The summed E-state index contributed by atoms with van der Waals surface area (Å²) in [6, 6.07) is 5.63. The van der Waals surface area contributed by atoms with Gasteiger partial charge < -0.3 is 5.92 Å². The van der Waals surface area contributed by atoms with Crippen LogP contribution in [0.1, 0.15) is 36.1 Å². The van der Waals surface area contributed by atoms with E-state index in [0.29, 0.717) is 0 Å². The van der Waals surface area contributed by atoms with Gasteiger partial charge in [0.25, 0.3) is 0 Å². The van der Waals surface area contributed by atoms with Crippen LogP contribution in [0.4, 0.5) is 0 Å². The second-order valence-electron chi connectivity index (χ2n) is 4.12. The summed E-state index contributed by atoms with van der Waals surface area (Å²) in [5, 5.41) is 0. The molecule has 0 nitrogen and oxygen atoms in total. The first kappa shape index (κ1) is 14.3. The number of aryl methyl sites for hydroxylation is 2. The largest absolute Gasteiger partial charge is 0.317 e. The Morgan fingerprint density at radius 2 is 1.79 bits per heavy atom. The van der Waals surface area contributed by atoms with E-state index in [-0.39, 0.29) is 32.7 Å². The molecule has 1 aromatic carbocycles. The molecule has 0 saturated carbocycles. The Labute approximate surface area is 113 Å². The van der Waals surface area contributed by atoms with Gasteiger partial charge in [-0.3, -0.25) is 0 Å². The van der Waals surface area contributed by atoms with Crippen LogP contribution in [-0.2, 0) is 39.1 Å². The van der Waals surface area contributed by atoms with Gasteiger partial charge in [-0.25, -0.2) is 0 Å². The first-order chi connectivity index (χ1) is 6.00. The van der Waals surface area contributed by atoms with Crippen LogP contribution < -0.4 is 0 Å². The van der Waals surface area contributed by atoms with Crippen LogP contribution in [-0.4, -0.2) is 0 Å². The summed E-state index contributed by atoms with van der Waals surface area (Å²) in [5.41, 5.74) is 5.39. The number of hydrogen-bond donors (Lipinski definition) is 0. The van der Waals surface area contributed by atoms with Gasteiger partial charge in [0.1, 0.15) is 0 Å². The zero-order chi connectivity index (χ0) is 10.0. The van der Waals surface area contributed by atoms with E-state index < -0.39 is 0 Å². The molecule has 0 bridgehead atoms. The van der Waals surface area contributed by atoms with E-state index in [0.717, 1.165) is 6.42 Å². The molecule has 0 aromatic heterocycles. The Kier molecular flexibility index (Phi) is 6.17. The topological polar surface area (TPSA) is 0 Å². The monoisotopic (exact) mass is 263 g/mol. The Morgan fingerprint density at radius 3 is 2.29 bits per heavy atom. The van der Waals surface area contributed by atoms with E-state index in [1.165, 1.54) is 28.2 Å². The van der Waals surface area contributed by atoms with Gasteiger partial charge in [0, 0.05) is 32.7 Å². The zero-order valence-electron chi connectivity index (χ0n) is 9.86. The minimum Gasteiger partial charge on any atom is -0.317 e. The molecule has 1 radical (unpaired) electrons. The predicted octanol–water partition coefficient (Wildman–Crippen LogP) is 3.57. The van der Waals surface area contributed by atoms with Crippen molar-refractivity contribution in [3.05, 3.63) is 40.3 Å². The van der Waals surface area contributed by atoms with E-state index >= 15 is 0 Å². The molecule has 0 aliphatic heterocycles. The van der Waals surface area contributed by atoms with Gasteiger partial charge in [-0.1, -0.05) is 20.8 Å². The number of benzene rings is 1. The van der Waals surface area contributed by atoms with Crippen LogP contribution in [0.3, 0.4) is 0 Å². The third-order valence-corrected chi connectivity index (χ3v) is 2.36. The van der Waals surface area contributed by atoms with E-state index in [2.05, 4.69) is 46.8 Å². The molecule has 1 aromatic rings. The van der Waals surface area contributed by atoms with E-state index in [9.17, 15) is 0 Å². The molecule has 0 spiro atoms. The van der Waals surface area contributed by atoms with Crippen LogP contribution >= 0.6 is 0 Å². The van der Waals surface area contributed by atoms with Gasteiger partial charge in [0.15, 0.2) is 0 Å². The molecule has 0 N–H and O–H groups in total. The first-order valence-corrected chi connectivity index (χ1v) is 4.78. The summed E-state index contributed by atoms with van der Waals surface area (Å²) >= 11 is 0. The fraction of sp³-hybridized carbons (Fsp3) is 0.462. The second-order valence-corrected chi connectivity index (χ2v) is 4.12. The summed E-state index contributed by atoms with van der Waals surface area (Å²) in [5.74, 6) is 1.45. The minimum atomic E-state index is 0. The summed E-state index contributed by atoms with van der Waals surface area (Å²) < 4.78 is 0. The summed E-state index contributed by atoms with van der Waals surface area (Å²) in [4.78, 5) is 0. The Morgan fingerprint density at radius 1 is 1.21 bits per heavy atom. The molecule has 1 rings (SSSR count). The summed E-state index contributed by atoms with van der Waals surface area (Å²) in [7, 11) is 0. The van der Waals surface area contributed by atoms with Crippen LogP contribution in [0, 0.1) is 32.8 Å². The average Bonchev–Trinajstić information content (AvgIpc) is 1.98. The van der Waals surface area contributed by atoms with Crippen molar-refractivity contribution < 1.29 is 32.7 Å². The molecule has 0 fully saturated rings. The molecule has 0 aliphatic carbocycles. The summed E-state index contributed by atoms with van der Waals surface area (Å²) in [6.45, 7) is 10.8. The van der Waals surface area contributed by atoms with E-state index in [1.807, 2.05) is 0 Å². The number of hydrogen-bond acceptors (Lipinski definition) is 0. The normalized spacial score (nSPS) is 10.1. The van der Waals surface area contributed by atoms with Crippen molar-refractivity contribution in [1.29, 1.82) is 0 Å². The third kappa shape index (κ3) is 3.83. The van der Waals surface area contributed by atoms with Crippen LogP contribution in [0.15, 0.2) is 6.07 Å². The minimum absolute atomic E-state index is 0. The maximum atomic E-state index is 3.43. The molecular formula is C13H18Y-2. The standard InChI is InChI=1S/C13H18.Y/c1-9(2)6-13-8-10(3)7-11(4)12(13)5;/h7H,6H2,1-5H3;/q-2;. The van der Waals surface area contributed by atoms with Crippen LogP contribution in [0.5, 0.6) is 0 Å². The fourth-order valence-electron chi connectivity index (χ4n) is 1.57. The number of rotatable bonds is 2. The smallest absolute Gasteiger partial charge is 0 e. The van der Waals surface area contributed by atoms with Gasteiger partial charge in [-0.2, -0.15) is 54.7 Å². The van der Waals surface area contributed by atoms with Crippen molar-refractivity contribution in [3.8, 4) is 0 Å². The van der Waals surface area contributed by atoms with Gasteiger partial charge >= 0.3 is 0 Å². The van der Waals surface area contributed by atoms with Gasteiger partial charge in [0.05, 0.1) is 0 Å². The quantitative estimate of drug-likeness (QED) is 0.715. The van der Waals surface area contributed by atoms with Gasteiger partial charge in [0.2, 0.25) is 0 Å². The van der Waals surface area contributed by atoms with Crippen molar-refractivity contribution in [2.45, 2.75) is 41.0 Å². The molecule has 1 heteroatoms. The Hall–Kier alpha value is 0.324. The van der Waals surface area contributed by atoms with Crippen molar-refractivity contribution in [2.75, 3.05) is 0 Å². The Balaban J connectivity index is 0.00000169. The zero-order valence-corrected chi connectivity index (χ0v) is 12.7. The summed E-state index contributed by atoms with van der Waals surface area (Å²) in [6.07, 6.45) is 1.06. The maximum absolute atomic E-state index is 3.43. The van der Waals surface area contributed by atoms with E-state index in [4.69, 9.17) is 0 Å². The maximum Gasteiger partial charge on any atom is 0 e. The van der Waals surface area contributed by atoms with Gasteiger partial charge in [-0.05, 0) is 0 Å². The molecule has 0 aliphatic rings. The average molecular weight is 263 g/mol. The SMILES string of the molecule is Cc1[c-]c(C[C-](C)C)c(C)c(C)c1.[Y]. The fourth-order valence-corrected chi connectivity index (χ4v) is 1.57. The molecule has 75 valence electrons.